The minimum atomic E-state index is -4.14. The van der Waals surface area contributed by atoms with Gasteiger partial charge in [-0.25, -0.2) is 0 Å². The van der Waals surface area contributed by atoms with Crippen LogP contribution in [0.2, 0.25) is 0 Å². The van der Waals surface area contributed by atoms with E-state index < -0.39 is 12.1 Å². The van der Waals surface area contributed by atoms with Crippen LogP contribution in [0.1, 0.15) is 31.2 Å². The molecule has 6 heteroatoms. The molecule has 1 saturated carbocycles. The second kappa shape index (κ2) is 6.47. The van der Waals surface area contributed by atoms with Crippen molar-refractivity contribution in [3.05, 3.63) is 29.8 Å². The molecule has 116 valence electrons. The summed E-state index contributed by atoms with van der Waals surface area (Å²) in [5.41, 5.74) is 7.07. The van der Waals surface area contributed by atoms with Crippen molar-refractivity contribution >= 4 is 11.6 Å². The molecule has 0 atom stereocenters. The molecule has 0 bridgehead atoms. The molecule has 1 aliphatic carbocycles. The van der Waals surface area contributed by atoms with Gasteiger partial charge in [-0.2, -0.15) is 13.2 Å². The molecule has 1 aromatic rings. The highest BCUT2D eigenvalue weighted by Crippen LogP contribution is 2.39. The molecule has 3 N–H and O–H groups in total. The number of carbonyl (C=O) groups is 1. The summed E-state index contributed by atoms with van der Waals surface area (Å²) in [4.78, 5) is 12.1. The molecule has 0 aliphatic heterocycles. The van der Waals surface area contributed by atoms with Gasteiger partial charge in [-0.05, 0) is 43.4 Å². The van der Waals surface area contributed by atoms with Crippen LogP contribution in [-0.2, 0) is 11.3 Å². The van der Waals surface area contributed by atoms with Gasteiger partial charge in [-0.3, -0.25) is 4.79 Å². The minimum absolute atomic E-state index is 0.0322. The normalized spacial score (nSPS) is 22.9. The van der Waals surface area contributed by atoms with Gasteiger partial charge in [0.25, 0.3) is 0 Å². The van der Waals surface area contributed by atoms with E-state index in [2.05, 4.69) is 5.32 Å². The van der Waals surface area contributed by atoms with Crippen molar-refractivity contribution in [2.75, 3.05) is 5.32 Å². The summed E-state index contributed by atoms with van der Waals surface area (Å²) in [5, 5.41) is 2.76. The Morgan fingerprint density at radius 1 is 1.24 bits per heavy atom. The first-order chi connectivity index (χ1) is 9.90. The van der Waals surface area contributed by atoms with E-state index in [4.69, 9.17) is 5.73 Å². The third-order valence-electron chi connectivity index (χ3n) is 3.99. The lowest BCUT2D eigenvalue weighted by Crippen LogP contribution is -2.32. The van der Waals surface area contributed by atoms with Crippen molar-refractivity contribution in [2.24, 2.45) is 17.6 Å². The Bertz CT molecular complexity index is 494. The van der Waals surface area contributed by atoms with E-state index in [1.807, 2.05) is 6.07 Å². The van der Waals surface area contributed by atoms with Crippen LogP contribution in [0, 0.1) is 11.8 Å². The predicted octanol–water partition coefficient (Wildman–Crippen LogP) is 3.45. The number of benzene rings is 1. The maximum Gasteiger partial charge on any atom is 0.391 e. The summed E-state index contributed by atoms with van der Waals surface area (Å²) in [6.07, 6.45) is -3.51. The molecule has 1 amide bonds. The lowest BCUT2D eigenvalue weighted by atomic mass is 9.81. The number of halogens is 3. The monoisotopic (exact) mass is 300 g/mol. The van der Waals surface area contributed by atoms with Gasteiger partial charge in [0, 0.05) is 18.2 Å². The number of nitrogens with two attached hydrogens (primary N) is 1. The third kappa shape index (κ3) is 4.20. The van der Waals surface area contributed by atoms with E-state index in [0.29, 0.717) is 12.2 Å². The predicted molar refractivity (Wildman–Crippen MR) is 74.5 cm³/mol. The second-order valence-corrected chi connectivity index (χ2v) is 5.48. The molecule has 0 spiro atoms. The number of carbonyl (C=O) groups excluding carboxylic acids is 1. The average molecular weight is 300 g/mol. The van der Waals surface area contributed by atoms with Gasteiger partial charge < -0.3 is 11.1 Å². The first-order valence-electron chi connectivity index (χ1n) is 7.06. The molecule has 3 nitrogen and oxygen atoms in total. The molecule has 0 heterocycles. The van der Waals surface area contributed by atoms with Crippen molar-refractivity contribution in [2.45, 2.75) is 38.4 Å². The average Bonchev–Trinajstić information content (AvgIpc) is 2.46. The first-order valence-corrected chi connectivity index (χ1v) is 7.06. The van der Waals surface area contributed by atoms with Crippen LogP contribution in [0.15, 0.2) is 24.3 Å². The fourth-order valence-electron chi connectivity index (χ4n) is 2.70. The molecule has 0 saturated heterocycles. The van der Waals surface area contributed by atoms with Gasteiger partial charge in [-0.15, -0.1) is 0 Å². The topological polar surface area (TPSA) is 55.1 Å². The molecule has 1 fully saturated rings. The highest BCUT2D eigenvalue weighted by atomic mass is 19.4. The SMILES string of the molecule is NCc1cccc(NC(=O)C2CCC(C(F)(F)F)CC2)c1. The number of nitrogens with one attached hydrogen (secondary N) is 1. The van der Waals surface area contributed by atoms with Crippen molar-refractivity contribution in [3.8, 4) is 0 Å². The van der Waals surface area contributed by atoms with E-state index in [-0.39, 0.29) is 37.5 Å². The van der Waals surface area contributed by atoms with E-state index >= 15 is 0 Å². The minimum Gasteiger partial charge on any atom is -0.326 e. The molecular weight excluding hydrogens is 281 g/mol. The maximum atomic E-state index is 12.6. The fourth-order valence-corrected chi connectivity index (χ4v) is 2.70. The van der Waals surface area contributed by atoms with Crippen molar-refractivity contribution in [1.29, 1.82) is 0 Å². The summed E-state index contributed by atoms with van der Waals surface area (Å²) in [6.45, 7) is 0.375. The lowest BCUT2D eigenvalue weighted by molar-refractivity contribution is -0.184. The Morgan fingerprint density at radius 3 is 2.48 bits per heavy atom. The zero-order chi connectivity index (χ0) is 15.5. The highest BCUT2D eigenvalue weighted by molar-refractivity contribution is 5.92. The second-order valence-electron chi connectivity index (χ2n) is 5.48. The smallest absolute Gasteiger partial charge is 0.326 e. The number of anilines is 1. The highest BCUT2D eigenvalue weighted by Gasteiger charge is 2.42. The fraction of sp³-hybridized carbons (Fsp3) is 0.533. The standard InChI is InChI=1S/C15H19F3N2O/c16-15(17,18)12-6-4-11(5-7-12)14(21)20-13-3-1-2-10(8-13)9-19/h1-3,8,11-12H,4-7,9,19H2,(H,20,21). The molecule has 21 heavy (non-hydrogen) atoms. The van der Waals surface area contributed by atoms with Crippen LogP contribution in [0.3, 0.4) is 0 Å². The van der Waals surface area contributed by atoms with E-state index in [9.17, 15) is 18.0 Å². The lowest BCUT2D eigenvalue weighted by Gasteiger charge is -2.29. The van der Waals surface area contributed by atoms with E-state index in [0.717, 1.165) is 5.56 Å². The molecule has 2 rings (SSSR count). The van der Waals surface area contributed by atoms with Crippen LogP contribution < -0.4 is 11.1 Å². The molecular formula is C15H19F3N2O. The summed E-state index contributed by atoms with van der Waals surface area (Å²) in [5.74, 6) is -1.81. The molecule has 1 aliphatic rings. The summed E-state index contributed by atoms with van der Waals surface area (Å²) < 4.78 is 37.8. The quantitative estimate of drug-likeness (QED) is 0.898. The Balaban J connectivity index is 1.90. The Labute approximate surface area is 121 Å². The molecule has 0 aromatic heterocycles. The van der Waals surface area contributed by atoms with Gasteiger partial charge in [0.2, 0.25) is 5.91 Å². The number of amides is 1. The number of alkyl halides is 3. The van der Waals surface area contributed by atoms with E-state index in [1.54, 1.807) is 18.2 Å². The molecule has 1 aromatic carbocycles. The van der Waals surface area contributed by atoms with Crippen LogP contribution >= 0.6 is 0 Å². The summed E-state index contributed by atoms with van der Waals surface area (Å²) in [6, 6.07) is 7.17. The molecule has 0 radical (unpaired) electrons. The Kier molecular flexibility index (Phi) is 4.88. The van der Waals surface area contributed by atoms with Crippen LogP contribution in [-0.4, -0.2) is 12.1 Å². The summed E-state index contributed by atoms with van der Waals surface area (Å²) in [7, 11) is 0. The van der Waals surface area contributed by atoms with Gasteiger partial charge in [0.05, 0.1) is 5.92 Å². The van der Waals surface area contributed by atoms with Gasteiger partial charge in [0.1, 0.15) is 0 Å². The van der Waals surface area contributed by atoms with Crippen LogP contribution in [0.4, 0.5) is 18.9 Å². The van der Waals surface area contributed by atoms with Crippen molar-refractivity contribution in [1.82, 2.24) is 0 Å². The number of hydrogen-bond acceptors (Lipinski definition) is 2. The zero-order valence-corrected chi connectivity index (χ0v) is 11.6. The largest absolute Gasteiger partial charge is 0.391 e. The Morgan fingerprint density at radius 2 is 1.90 bits per heavy atom. The molecule has 0 unspecified atom stereocenters. The van der Waals surface area contributed by atoms with Crippen molar-refractivity contribution in [3.63, 3.8) is 0 Å². The maximum absolute atomic E-state index is 12.6. The zero-order valence-electron chi connectivity index (χ0n) is 11.6. The van der Waals surface area contributed by atoms with Crippen molar-refractivity contribution < 1.29 is 18.0 Å². The van der Waals surface area contributed by atoms with Gasteiger partial charge in [0.15, 0.2) is 0 Å². The van der Waals surface area contributed by atoms with Crippen LogP contribution in [0.5, 0.6) is 0 Å². The van der Waals surface area contributed by atoms with E-state index in [1.165, 1.54) is 0 Å². The number of hydrogen-bond donors (Lipinski definition) is 2. The van der Waals surface area contributed by atoms with Crippen LogP contribution in [0.25, 0.3) is 0 Å². The van der Waals surface area contributed by atoms with Gasteiger partial charge >= 0.3 is 6.18 Å². The third-order valence-corrected chi connectivity index (χ3v) is 3.99. The number of rotatable bonds is 3. The Hall–Kier alpha value is -1.56. The van der Waals surface area contributed by atoms with Gasteiger partial charge in [-0.1, -0.05) is 12.1 Å². The summed E-state index contributed by atoms with van der Waals surface area (Å²) >= 11 is 0. The first kappa shape index (κ1) is 15.8.